The van der Waals surface area contributed by atoms with Crippen LogP contribution in [0.1, 0.15) is 226 Å². The second kappa shape index (κ2) is 49.8. The first kappa shape index (κ1) is 59.8. The molecule has 0 aliphatic heterocycles. The van der Waals surface area contributed by atoms with Crippen molar-refractivity contribution >= 4 is 11.9 Å². The van der Waals surface area contributed by atoms with Crippen LogP contribution in [0.3, 0.4) is 0 Å². The minimum atomic E-state index is -0.814. The minimum absolute atomic E-state index is 0.0182. The molecular weight excluding hydrogens is 779 g/mol. The van der Waals surface area contributed by atoms with Gasteiger partial charge in [-0.15, -0.1) is 0 Å². The lowest BCUT2D eigenvalue weighted by atomic mass is 10.0. The van der Waals surface area contributed by atoms with Crippen molar-refractivity contribution in [2.45, 2.75) is 244 Å². The van der Waals surface area contributed by atoms with Gasteiger partial charge in [-0.1, -0.05) is 240 Å². The van der Waals surface area contributed by atoms with E-state index >= 15 is 0 Å². The number of carbonyl (C=O) groups excluding carboxylic acids is 2. The van der Waals surface area contributed by atoms with Crippen LogP contribution in [-0.4, -0.2) is 46.9 Å². The van der Waals surface area contributed by atoms with Crippen LogP contribution in [0.25, 0.3) is 0 Å². The maximum absolute atomic E-state index is 13.2. The number of aliphatic hydroxyl groups excluding tert-OH is 2. The maximum Gasteiger partial charge on any atom is 0.306 e. The first-order valence-corrected chi connectivity index (χ1v) is 26.0. The quantitative estimate of drug-likeness (QED) is 0.0245. The molecule has 3 atom stereocenters. The average molecular weight is 876 g/mol. The fraction of sp³-hybridized carbons (Fsp3) is 0.684. The first-order chi connectivity index (χ1) is 31.0. The van der Waals surface area contributed by atoms with Crippen LogP contribution >= 0.6 is 0 Å². The number of amides is 1. The van der Waals surface area contributed by atoms with Gasteiger partial charge in [0.05, 0.1) is 25.2 Å². The van der Waals surface area contributed by atoms with E-state index in [1.165, 1.54) is 96.3 Å². The number of carbonyl (C=O) groups is 2. The lowest BCUT2D eigenvalue weighted by molar-refractivity contribution is -0.151. The van der Waals surface area contributed by atoms with E-state index in [9.17, 15) is 19.8 Å². The Hall–Kier alpha value is -3.22. The Bertz CT molecular complexity index is 1260. The Labute approximate surface area is 388 Å². The molecule has 0 aliphatic carbocycles. The van der Waals surface area contributed by atoms with Gasteiger partial charge < -0.3 is 20.3 Å². The summed E-state index contributed by atoms with van der Waals surface area (Å²) < 4.78 is 5.89. The van der Waals surface area contributed by atoms with Crippen molar-refractivity contribution in [3.63, 3.8) is 0 Å². The molecule has 0 aromatic carbocycles. The van der Waals surface area contributed by atoms with Crippen LogP contribution in [0.5, 0.6) is 0 Å². The van der Waals surface area contributed by atoms with Gasteiger partial charge in [0.2, 0.25) is 5.91 Å². The molecule has 6 nitrogen and oxygen atoms in total. The maximum atomic E-state index is 13.2. The normalized spacial score (nSPS) is 14.0. The summed E-state index contributed by atoms with van der Waals surface area (Å²) in [5, 5.41) is 23.8. The van der Waals surface area contributed by atoms with E-state index in [1.54, 1.807) is 0 Å². The zero-order valence-corrected chi connectivity index (χ0v) is 40.9. The van der Waals surface area contributed by atoms with Gasteiger partial charge in [-0.05, 0) is 70.6 Å². The Morgan fingerprint density at radius 2 is 0.952 bits per heavy atom. The second-order valence-corrected chi connectivity index (χ2v) is 17.3. The molecule has 360 valence electrons. The predicted octanol–water partition coefficient (Wildman–Crippen LogP) is 15.7. The Morgan fingerprint density at radius 3 is 1.51 bits per heavy atom. The van der Waals surface area contributed by atoms with Crippen molar-refractivity contribution in [1.29, 1.82) is 0 Å². The molecule has 0 radical (unpaired) electrons. The highest BCUT2D eigenvalue weighted by Gasteiger charge is 2.24. The van der Waals surface area contributed by atoms with E-state index in [-0.39, 0.29) is 24.9 Å². The number of nitrogens with one attached hydrogen (secondary N) is 1. The summed E-state index contributed by atoms with van der Waals surface area (Å²) in [6.07, 6.45) is 66.1. The van der Waals surface area contributed by atoms with Crippen LogP contribution in [0, 0.1) is 0 Å². The summed E-state index contributed by atoms with van der Waals surface area (Å²) in [4.78, 5) is 26.1. The number of hydrogen-bond acceptors (Lipinski definition) is 5. The third-order valence-corrected chi connectivity index (χ3v) is 11.3. The summed E-state index contributed by atoms with van der Waals surface area (Å²) in [7, 11) is 0. The van der Waals surface area contributed by atoms with Gasteiger partial charge in [-0.3, -0.25) is 9.59 Å². The van der Waals surface area contributed by atoms with Crippen LogP contribution in [0.4, 0.5) is 0 Å². The van der Waals surface area contributed by atoms with E-state index in [0.717, 1.165) is 83.5 Å². The zero-order chi connectivity index (χ0) is 45.9. The number of rotatable bonds is 45. The molecule has 6 heteroatoms. The predicted molar refractivity (Wildman–Crippen MR) is 273 cm³/mol. The summed E-state index contributed by atoms with van der Waals surface area (Å²) in [6.45, 7) is 6.20. The minimum Gasteiger partial charge on any atom is -0.462 e. The molecular formula is C57H97NO5. The molecule has 0 saturated heterocycles. The number of esters is 1. The fourth-order valence-corrected chi connectivity index (χ4v) is 7.41. The second-order valence-electron chi connectivity index (χ2n) is 17.3. The van der Waals surface area contributed by atoms with Crippen molar-refractivity contribution in [1.82, 2.24) is 5.32 Å². The van der Waals surface area contributed by atoms with Gasteiger partial charge in [0, 0.05) is 6.42 Å². The molecule has 0 fully saturated rings. The molecule has 0 saturated carbocycles. The monoisotopic (exact) mass is 876 g/mol. The van der Waals surface area contributed by atoms with Crippen LogP contribution in [0.15, 0.2) is 97.2 Å². The van der Waals surface area contributed by atoms with Crippen molar-refractivity contribution in [2.24, 2.45) is 0 Å². The fourth-order valence-electron chi connectivity index (χ4n) is 7.41. The molecule has 0 aliphatic rings. The Balaban J connectivity index is 4.67. The van der Waals surface area contributed by atoms with E-state index in [0.29, 0.717) is 19.3 Å². The summed E-state index contributed by atoms with van der Waals surface area (Å²) in [6, 6.07) is -0.733. The number of allylic oxidation sites excluding steroid dienone is 16. The van der Waals surface area contributed by atoms with Gasteiger partial charge in [0.25, 0.3) is 0 Å². The Morgan fingerprint density at radius 1 is 0.492 bits per heavy atom. The van der Waals surface area contributed by atoms with Gasteiger partial charge in [-0.25, -0.2) is 0 Å². The topological polar surface area (TPSA) is 95.9 Å². The van der Waals surface area contributed by atoms with Crippen LogP contribution in [-0.2, 0) is 14.3 Å². The Kier molecular flexibility index (Phi) is 47.2. The smallest absolute Gasteiger partial charge is 0.306 e. The molecule has 0 aromatic rings. The van der Waals surface area contributed by atoms with E-state index < -0.39 is 18.2 Å². The number of hydrogen-bond donors (Lipinski definition) is 3. The lowest BCUT2D eigenvalue weighted by Gasteiger charge is -2.24. The first-order valence-electron chi connectivity index (χ1n) is 26.0. The molecule has 1 amide bonds. The van der Waals surface area contributed by atoms with E-state index in [1.807, 2.05) is 48.6 Å². The molecule has 0 spiro atoms. The van der Waals surface area contributed by atoms with Gasteiger partial charge in [0.15, 0.2) is 0 Å². The highest BCUT2D eigenvalue weighted by atomic mass is 16.5. The van der Waals surface area contributed by atoms with Crippen molar-refractivity contribution in [3.05, 3.63) is 97.2 Å². The lowest BCUT2D eigenvalue weighted by Crippen LogP contribution is -2.46. The number of ether oxygens (including phenoxy) is 1. The highest BCUT2D eigenvalue weighted by molar-refractivity contribution is 5.77. The van der Waals surface area contributed by atoms with Crippen LogP contribution < -0.4 is 5.32 Å². The molecule has 63 heavy (non-hydrogen) atoms. The SMILES string of the molecule is CC/C=C/C=C/C=C\C=C/C=C/CCCC(CC(=O)NC(CO)C(O)CCCCCCCCCCCCCCCCC)OC(=O)CCCCCCCC/C=C/C/C=C/C/C=C/CC. The number of unbranched alkanes of at least 4 members (excludes halogenated alkanes) is 21. The van der Waals surface area contributed by atoms with E-state index in [4.69, 9.17) is 4.74 Å². The molecule has 3 unspecified atom stereocenters. The third-order valence-electron chi connectivity index (χ3n) is 11.3. The van der Waals surface area contributed by atoms with Gasteiger partial charge in [0.1, 0.15) is 6.10 Å². The molecule has 3 N–H and O–H groups in total. The zero-order valence-electron chi connectivity index (χ0n) is 40.9. The standard InChI is InChI=1S/C57H97NO5/c1-4-7-10-13-16-19-22-25-27-29-32-35-38-41-44-47-50-57(62)63-53(48-45-42-39-36-33-30-24-21-18-15-12-9-6-3)51-56(61)58-54(52-59)55(60)49-46-43-40-37-34-31-28-26-23-20-17-14-11-8-5-2/h7,9-10,12,15-16,18-19,21,24-25,27,30,33,36,39,53-55,59-60H,4-6,8,11,13-14,17,20,22-23,26,28-29,31-32,34-35,37-38,40-52H2,1-3H3,(H,58,61)/b10-7+,12-9+,18-15+,19-16+,24-21-,27-25+,33-30-,39-36+. The molecule has 0 aromatic heterocycles. The van der Waals surface area contributed by atoms with Crippen molar-refractivity contribution in [2.75, 3.05) is 6.61 Å². The van der Waals surface area contributed by atoms with Gasteiger partial charge >= 0.3 is 5.97 Å². The molecule has 0 heterocycles. The van der Waals surface area contributed by atoms with E-state index in [2.05, 4.69) is 74.7 Å². The molecule has 0 rings (SSSR count). The largest absolute Gasteiger partial charge is 0.462 e. The van der Waals surface area contributed by atoms with Crippen molar-refractivity contribution in [3.8, 4) is 0 Å². The number of aliphatic hydroxyl groups is 2. The third kappa shape index (κ3) is 45.2. The molecule has 0 bridgehead atoms. The summed E-state index contributed by atoms with van der Waals surface area (Å²) in [5.74, 6) is -0.567. The highest BCUT2D eigenvalue weighted by Crippen LogP contribution is 2.17. The summed E-state index contributed by atoms with van der Waals surface area (Å²) in [5.41, 5.74) is 0. The van der Waals surface area contributed by atoms with Crippen LogP contribution in [0.2, 0.25) is 0 Å². The van der Waals surface area contributed by atoms with Crippen molar-refractivity contribution < 1.29 is 24.5 Å². The van der Waals surface area contributed by atoms with Gasteiger partial charge in [-0.2, -0.15) is 0 Å². The summed E-state index contributed by atoms with van der Waals surface area (Å²) >= 11 is 0. The average Bonchev–Trinajstić information content (AvgIpc) is 3.28.